The van der Waals surface area contributed by atoms with Crippen LogP contribution in [0.15, 0.2) is 12.1 Å². The number of nitrogens with one attached hydrogen (secondary N) is 2. The summed E-state index contributed by atoms with van der Waals surface area (Å²) in [5.74, 6) is 0.945. The molecule has 4 nitrogen and oxygen atoms in total. The molecule has 0 radical (unpaired) electrons. The van der Waals surface area contributed by atoms with E-state index in [1.807, 2.05) is 6.92 Å². The van der Waals surface area contributed by atoms with Crippen LogP contribution in [0, 0.1) is 0 Å². The molecule has 1 unspecified atom stereocenters. The van der Waals surface area contributed by atoms with Crippen LogP contribution in [0.3, 0.4) is 0 Å². The summed E-state index contributed by atoms with van der Waals surface area (Å²) in [7, 11) is 1.73. The Labute approximate surface area is 123 Å². The van der Waals surface area contributed by atoms with Gasteiger partial charge < -0.3 is 15.4 Å². The monoisotopic (exact) mass is 279 g/mol. The molecule has 0 amide bonds. The van der Waals surface area contributed by atoms with Gasteiger partial charge in [-0.3, -0.25) is 0 Å². The third-order valence-electron chi connectivity index (χ3n) is 3.13. The van der Waals surface area contributed by atoms with Gasteiger partial charge in [-0.15, -0.1) is 0 Å². The second-order valence-electron chi connectivity index (χ2n) is 5.56. The molecule has 1 heterocycles. The maximum atomic E-state index is 5.26. The SMILES string of the molecule is CCCc1cc(CNC(C)C)cc(NCC(C)OC)n1. The average Bonchev–Trinajstić information content (AvgIpc) is 2.42. The summed E-state index contributed by atoms with van der Waals surface area (Å²) in [6.07, 6.45) is 2.32. The predicted octanol–water partition coefficient (Wildman–Crippen LogP) is 2.98. The van der Waals surface area contributed by atoms with Crippen LogP contribution in [0.25, 0.3) is 0 Å². The van der Waals surface area contributed by atoms with Crippen molar-refractivity contribution in [1.82, 2.24) is 10.3 Å². The molecule has 1 rings (SSSR count). The van der Waals surface area contributed by atoms with E-state index in [1.54, 1.807) is 7.11 Å². The first-order valence-electron chi connectivity index (χ1n) is 7.55. The van der Waals surface area contributed by atoms with Crippen LogP contribution in [-0.4, -0.2) is 30.8 Å². The predicted molar refractivity (Wildman–Crippen MR) is 85.2 cm³/mol. The van der Waals surface area contributed by atoms with E-state index >= 15 is 0 Å². The normalized spacial score (nSPS) is 12.7. The third kappa shape index (κ3) is 6.35. The smallest absolute Gasteiger partial charge is 0.126 e. The highest BCUT2D eigenvalue weighted by atomic mass is 16.5. The third-order valence-corrected chi connectivity index (χ3v) is 3.13. The fraction of sp³-hybridized carbons (Fsp3) is 0.688. The van der Waals surface area contributed by atoms with E-state index in [0.29, 0.717) is 6.04 Å². The molecular formula is C16H29N3O. The van der Waals surface area contributed by atoms with Gasteiger partial charge in [0, 0.05) is 31.9 Å². The van der Waals surface area contributed by atoms with Crippen molar-refractivity contribution >= 4 is 5.82 Å². The Morgan fingerprint density at radius 3 is 2.60 bits per heavy atom. The molecule has 0 aromatic carbocycles. The van der Waals surface area contributed by atoms with Gasteiger partial charge in [0.05, 0.1) is 6.10 Å². The largest absolute Gasteiger partial charge is 0.380 e. The van der Waals surface area contributed by atoms with Crippen molar-refractivity contribution in [1.29, 1.82) is 0 Å². The number of rotatable bonds is 9. The minimum Gasteiger partial charge on any atom is -0.380 e. The molecule has 0 aliphatic carbocycles. The van der Waals surface area contributed by atoms with E-state index in [4.69, 9.17) is 4.74 Å². The highest BCUT2D eigenvalue weighted by Gasteiger charge is 2.05. The summed E-state index contributed by atoms with van der Waals surface area (Å²) in [6, 6.07) is 4.81. The number of pyridine rings is 1. The Kier molecular flexibility index (Phi) is 7.55. The Hall–Kier alpha value is -1.13. The molecule has 4 heteroatoms. The van der Waals surface area contributed by atoms with Crippen LogP contribution in [0.1, 0.15) is 45.4 Å². The lowest BCUT2D eigenvalue weighted by Crippen LogP contribution is -2.22. The molecule has 0 saturated carbocycles. The van der Waals surface area contributed by atoms with E-state index in [2.05, 4.69) is 48.5 Å². The van der Waals surface area contributed by atoms with Crippen molar-refractivity contribution in [2.75, 3.05) is 19.0 Å². The van der Waals surface area contributed by atoms with E-state index < -0.39 is 0 Å². The van der Waals surface area contributed by atoms with Gasteiger partial charge >= 0.3 is 0 Å². The lowest BCUT2D eigenvalue weighted by Gasteiger charge is -2.14. The number of anilines is 1. The molecule has 0 aliphatic rings. The minimum absolute atomic E-state index is 0.184. The summed E-state index contributed by atoms with van der Waals surface area (Å²) < 4.78 is 5.26. The van der Waals surface area contributed by atoms with Crippen molar-refractivity contribution in [3.8, 4) is 0 Å². The van der Waals surface area contributed by atoms with Crippen molar-refractivity contribution in [2.45, 2.75) is 59.2 Å². The van der Waals surface area contributed by atoms with Crippen LogP contribution < -0.4 is 10.6 Å². The Morgan fingerprint density at radius 2 is 2.00 bits per heavy atom. The molecule has 1 aromatic heterocycles. The van der Waals surface area contributed by atoms with Gasteiger partial charge in [0.15, 0.2) is 0 Å². The van der Waals surface area contributed by atoms with Crippen LogP contribution in [0.2, 0.25) is 0 Å². The molecule has 20 heavy (non-hydrogen) atoms. The first kappa shape index (κ1) is 16.9. The summed E-state index contributed by atoms with van der Waals surface area (Å²) in [4.78, 5) is 4.66. The quantitative estimate of drug-likeness (QED) is 0.729. The number of hydrogen-bond acceptors (Lipinski definition) is 4. The molecular weight excluding hydrogens is 250 g/mol. The second-order valence-corrected chi connectivity index (χ2v) is 5.56. The van der Waals surface area contributed by atoms with E-state index in [9.17, 15) is 0 Å². The van der Waals surface area contributed by atoms with Gasteiger partial charge in [0.1, 0.15) is 5.82 Å². The topological polar surface area (TPSA) is 46.2 Å². The number of methoxy groups -OCH3 is 1. The maximum absolute atomic E-state index is 5.26. The molecule has 1 aromatic rings. The standard InChI is InChI=1S/C16H29N3O/c1-6-7-15-8-14(11-17-12(2)3)9-16(19-15)18-10-13(4)20-5/h8-9,12-13,17H,6-7,10-11H2,1-5H3,(H,18,19). The summed E-state index contributed by atoms with van der Waals surface area (Å²) >= 11 is 0. The number of aromatic nitrogens is 1. The van der Waals surface area contributed by atoms with E-state index in [1.165, 1.54) is 5.56 Å². The highest BCUT2D eigenvalue weighted by Crippen LogP contribution is 2.13. The fourth-order valence-electron chi connectivity index (χ4n) is 1.88. The molecule has 0 fully saturated rings. The van der Waals surface area contributed by atoms with Gasteiger partial charge in [0.25, 0.3) is 0 Å². The number of hydrogen-bond donors (Lipinski definition) is 2. The molecule has 0 aliphatic heterocycles. The van der Waals surface area contributed by atoms with Crippen LogP contribution in [-0.2, 0) is 17.7 Å². The lowest BCUT2D eigenvalue weighted by molar-refractivity contribution is 0.128. The number of aryl methyl sites for hydroxylation is 1. The minimum atomic E-state index is 0.184. The first-order valence-corrected chi connectivity index (χ1v) is 7.55. The van der Waals surface area contributed by atoms with Crippen molar-refractivity contribution in [3.05, 3.63) is 23.4 Å². The molecule has 0 bridgehead atoms. The van der Waals surface area contributed by atoms with Crippen molar-refractivity contribution in [3.63, 3.8) is 0 Å². The van der Waals surface area contributed by atoms with Crippen molar-refractivity contribution < 1.29 is 4.74 Å². The highest BCUT2D eigenvalue weighted by molar-refractivity contribution is 5.40. The van der Waals surface area contributed by atoms with Crippen LogP contribution in [0.4, 0.5) is 5.82 Å². The lowest BCUT2D eigenvalue weighted by atomic mass is 10.1. The van der Waals surface area contributed by atoms with Crippen molar-refractivity contribution in [2.24, 2.45) is 0 Å². The molecule has 0 saturated heterocycles. The zero-order valence-electron chi connectivity index (χ0n) is 13.5. The van der Waals surface area contributed by atoms with Gasteiger partial charge in [-0.1, -0.05) is 27.2 Å². The number of nitrogens with zero attached hydrogens (tertiary/aromatic N) is 1. The summed E-state index contributed by atoms with van der Waals surface area (Å²) in [5.41, 5.74) is 2.44. The number of ether oxygens (including phenoxy) is 1. The van der Waals surface area contributed by atoms with Gasteiger partial charge in [-0.05, 0) is 31.0 Å². The van der Waals surface area contributed by atoms with Crippen LogP contribution in [0.5, 0.6) is 0 Å². The maximum Gasteiger partial charge on any atom is 0.126 e. The Balaban J connectivity index is 2.75. The zero-order valence-corrected chi connectivity index (χ0v) is 13.5. The second kappa shape index (κ2) is 8.93. The fourth-order valence-corrected chi connectivity index (χ4v) is 1.88. The summed E-state index contributed by atoms with van der Waals surface area (Å²) in [6.45, 7) is 10.2. The van der Waals surface area contributed by atoms with Gasteiger partial charge in [-0.2, -0.15) is 0 Å². The zero-order chi connectivity index (χ0) is 15.0. The average molecular weight is 279 g/mol. The van der Waals surface area contributed by atoms with Gasteiger partial charge in [-0.25, -0.2) is 4.98 Å². The van der Waals surface area contributed by atoms with E-state index in [-0.39, 0.29) is 6.10 Å². The molecule has 1 atom stereocenters. The molecule has 0 spiro atoms. The first-order chi connectivity index (χ1) is 9.55. The Morgan fingerprint density at radius 1 is 1.25 bits per heavy atom. The van der Waals surface area contributed by atoms with Gasteiger partial charge in [0.2, 0.25) is 0 Å². The van der Waals surface area contributed by atoms with Crippen LogP contribution >= 0.6 is 0 Å². The summed E-state index contributed by atoms with van der Waals surface area (Å²) in [5, 5.41) is 6.81. The molecule has 2 N–H and O–H groups in total. The Bertz CT molecular complexity index is 393. The van der Waals surface area contributed by atoms with E-state index in [0.717, 1.165) is 37.4 Å². The molecule has 114 valence electrons.